The topological polar surface area (TPSA) is 54.3 Å². The van der Waals surface area contributed by atoms with Crippen molar-refractivity contribution in [1.29, 1.82) is 0 Å². The molecule has 0 spiro atoms. The molecule has 1 amide bonds. The van der Waals surface area contributed by atoms with Crippen LogP contribution in [0.3, 0.4) is 0 Å². The maximum absolute atomic E-state index is 11.3. The molecule has 2 heterocycles. The Morgan fingerprint density at radius 2 is 2.31 bits per heavy atom. The first kappa shape index (κ1) is 9.23. The zero-order chi connectivity index (χ0) is 9.59. The zero-order valence-corrected chi connectivity index (χ0v) is 9.59. The van der Waals surface area contributed by atoms with Gasteiger partial charge in [0.25, 0.3) is 5.91 Å². The number of carbonyl (C=O) groups excluding carboxylic acids is 1. The number of β-amino-alcohol motifs (C(OH)–C–C–N with tert-alkyl or cyclic N) is 1. The average Bonchev–Trinajstić information content (AvgIpc) is 2.38. The van der Waals surface area contributed by atoms with Crippen LogP contribution >= 0.6 is 31.9 Å². The molecule has 0 saturated carbocycles. The van der Waals surface area contributed by atoms with Gasteiger partial charge in [-0.1, -0.05) is 0 Å². The Hall–Kier alpha value is -0.330. The molecular formula is C7H6Br2N2O2. The van der Waals surface area contributed by atoms with Gasteiger partial charge < -0.3 is 15.0 Å². The Morgan fingerprint density at radius 1 is 1.62 bits per heavy atom. The summed E-state index contributed by atoms with van der Waals surface area (Å²) in [6.07, 6.45) is -0.701. The van der Waals surface area contributed by atoms with Crippen LogP contribution in [0, 0.1) is 0 Å². The van der Waals surface area contributed by atoms with Crippen molar-refractivity contribution in [3.8, 4) is 0 Å². The molecule has 1 aromatic rings. The molecule has 1 aliphatic rings. The quantitative estimate of drug-likeness (QED) is 0.758. The van der Waals surface area contributed by atoms with Gasteiger partial charge in [0.05, 0.1) is 11.0 Å². The van der Waals surface area contributed by atoms with Crippen molar-refractivity contribution < 1.29 is 9.90 Å². The fourth-order valence-corrected chi connectivity index (χ4v) is 2.25. The summed E-state index contributed by atoms with van der Waals surface area (Å²) in [7, 11) is 0. The van der Waals surface area contributed by atoms with Crippen LogP contribution in [0.1, 0.15) is 16.7 Å². The summed E-state index contributed by atoms with van der Waals surface area (Å²) >= 11 is 6.55. The Morgan fingerprint density at radius 3 is 2.92 bits per heavy atom. The van der Waals surface area contributed by atoms with Crippen molar-refractivity contribution >= 4 is 37.8 Å². The molecule has 13 heavy (non-hydrogen) atoms. The second kappa shape index (κ2) is 3.11. The number of halogens is 2. The van der Waals surface area contributed by atoms with Crippen LogP contribution < -0.4 is 5.32 Å². The third kappa shape index (κ3) is 1.33. The Kier molecular flexibility index (Phi) is 2.21. The lowest BCUT2D eigenvalue weighted by Gasteiger charge is -2.22. The summed E-state index contributed by atoms with van der Waals surface area (Å²) < 4.78 is 2.99. The van der Waals surface area contributed by atoms with E-state index in [1.54, 1.807) is 10.6 Å². The third-order valence-electron chi connectivity index (χ3n) is 1.91. The predicted molar refractivity (Wildman–Crippen MR) is 53.4 cm³/mol. The molecule has 1 aromatic heterocycles. The lowest BCUT2D eigenvalue weighted by molar-refractivity contribution is 0.0653. The molecule has 0 unspecified atom stereocenters. The maximum atomic E-state index is 11.3. The number of aliphatic hydroxyl groups is 1. The first-order valence-corrected chi connectivity index (χ1v) is 5.22. The molecule has 6 heteroatoms. The molecule has 4 nitrogen and oxygen atoms in total. The summed E-state index contributed by atoms with van der Waals surface area (Å²) in [5.41, 5.74) is 0.456. The van der Waals surface area contributed by atoms with Gasteiger partial charge in [-0.3, -0.25) is 4.79 Å². The van der Waals surface area contributed by atoms with Gasteiger partial charge in [0.1, 0.15) is 16.5 Å². The Labute approximate surface area is 91.2 Å². The second-order valence-electron chi connectivity index (χ2n) is 2.73. The minimum absolute atomic E-state index is 0.170. The van der Waals surface area contributed by atoms with E-state index < -0.39 is 6.23 Å². The van der Waals surface area contributed by atoms with E-state index in [9.17, 15) is 9.90 Å². The van der Waals surface area contributed by atoms with Gasteiger partial charge in [-0.2, -0.15) is 0 Å². The van der Waals surface area contributed by atoms with E-state index in [0.29, 0.717) is 10.3 Å². The summed E-state index contributed by atoms with van der Waals surface area (Å²) in [6, 6.07) is 1.67. The monoisotopic (exact) mass is 308 g/mol. The molecule has 0 aliphatic carbocycles. The van der Waals surface area contributed by atoms with E-state index in [1.807, 2.05) is 0 Å². The highest BCUT2D eigenvalue weighted by atomic mass is 79.9. The van der Waals surface area contributed by atoms with Crippen molar-refractivity contribution in [2.45, 2.75) is 6.23 Å². The Bertz CT molecular complexity index is 375. The van der Waals surface area contributed by atoms with Crippen LogP contribution in [-0.2, 0) is 0 Å². The van der Waals surface area contributed by atoms with E-state index in [-0.39, 0.29) is 12.5 Å². The number of fused-ring (bicyclic) bond motifs is 1. The molecule has 0 aromatic carbocycles. The average molecular weight is 310 g/mol. The zero-order valence-electron chi connectivity index (χ0n) is 6.42. The summed E-state index contributed by atoms with van der Waals surface area (Å²) in [5, 5.41) is 12.1. The molecular weight excluding hydrogens is 304 g/mol. The predicted octanol–water partition coefficient (Wildman–Crippen LogP) is 1.25. The van der Waals surface area contributed by atoms with E-state index in [1.165, 1.54) is 0 Å². The lowest BCUT2D eigenvalue weighted by Crippen LogP contribution is -2.38. The van der Waals surface area contributed by atoms with Crippen LogP contribution in [0.4, 0.5) is 0 Å². The molecule has 0 bridgehead atoms. The van der Waals surface area contributed by atoms with E-state index in [4.69, 9.17) is 0 Å². The van der Waals surface area contributed by atoms with Crippen LogP contribution in [0.15, 0.2) is 15.1 Å². The van der Waals surface area contributed by atoms with Gasteiger partial charge in [0.15, 0.2) is 0 Å². The largest absolute Gasteiger partial charge is 0.371 e. The second-order valence-corrected chi connectivity index (χ2v) is 4.33. The van der Waals surface area contributed by atoms with Crippen LogP contribution in [0.5, 0.6) is 0 Å². The van der Waals surface area contributed by atoms with Crippen LogP contribution in [0.25, 0.3) is 0 Å². The van der Waals surface area contributed by atoms with E-state index >= 15 is 0 Å². The van der Waals surface area contributed by atoms with Gasteiger partial charge >= 0.3 is 0 Å². The first-order valence-electron chi connectivity index (χ1n) is 3.63. The van der Waals surface area contributed by atoms with Crippen molar-refractivity contribution in [3.63, 3.8) is 0 Å². The standard InChI is InChI=1S/C7H6Br2N2O2/c8-3-1-4-7(13)10-2-5(12)11(4)6(3)9/h1,5,12H,2H2,(H,10,13)/t5-/m1/s1. The highest BCUT2D eigenvalue weighted by Crippen LogP contribution is 2.31. The fourth-order valence-electron chi connectivity index (χ4n) is 1.30. The minimum Gasteiger partial charge on any atom is -0.371 e. The van der Waals surface area contributed by atoms with Gasteiger partial charge in [0, 0.05) is 0 Å². The maximum Gasteiger partial charge on any atom is 0.268 e. The summed E-state index contributed by atoms with van der Waals surface area (Å²) in [4.78, 5) is 11.3. The Balaban J connectivity index is 2.63. The van der Waals surface area contributed by atoms with Crippen molar-refractivity contribution in [2.24, 2.45) is 0 Å². The number of hydrogen-bond donors (Lipinski definition) is 2. The lowest BCUT2D eigenvalue weighted by atomic mass is 10.3. The smallest absolute Gasteiger partial charge is 0.268 e. The van der Waals surface area contributed by atoms with Gasteiger partial charge in [-0.15, -0.1) is 0 Å². The number of rotatable bonds is 0. The highest BCUT2D eigenvalue weighted by molar-refractivity contribution is 9.13. The minimum atomic E-state index is -0.701. The number of nitrogens with zero attached hydrogens (tertiary/aromatic N) is 1. The molecule has 2 rings (SSSR count). The van der Waals surface area contributed by atoms with Gasteiger partial charge in [0.2, 0.25) is 0 Å². The number of aliphatic hydroxyl groups excluding tert-OH is 1. The molecule has 0 fully saturated rings. The molecule has 0 saturated heterocycles. The highest BCUT2D eigenvalue weighted by Gasteiger charge is 2.26. The number of nitrogens with one attached hydrogen (secondary N) is 1. The molecule has 2 N–H and O–H groups in total. The molecule has 70 valence electrons. The number of amides is 1. The van der Waals surface area contributed by atoms with Crippen LogP contribution in [0.2, 0.25) is 0 Å². The number of hydrogen-bond acceptors (Lipinski definition) is 2. The SMILES string of the molecule is O=C1NC[C@@H](O)n2c1cc(Br)c2Br. The van der Waals surface area contributed by atoms with Gasteiger partial charge in [-0.25, -0.2) is 0 Å². The van der Waals surface area contributed by atoms with E-state index in [2.05, 4.69) is 37.2 Å². The third-order valence-corrected chi connectivity index (χ3v) is 3.85. The molecule has 0 radical (unpaired) electrons. The normalized spacial score (nSPS) is 21.2. The van der Waals surface area contributed by atoms with E-state index in [0.717, 1.165) is 4.47 Å². The van der Waals surface area contributed by atoms with Crippen molar-refractivity contribution in [3.05, 3.63) is 20.8 Å². The van der Waals surface area contributed by atoms with Crippen LogP contribution in [-0.4, -0.2) is 22.1 Å². The summed E-state index contributed by atoms with van der Waals surface area (Å²) in [5.74, 6) is -0.170. The fraction of sp³-hybridized carbons (Fsp3) is 0.286. The number of carbonyl (C=O) groups is 1. The summed E-state index contributed by atoms with van der Waals surface area (Å²) in [6.45, 7) is 0.242. The van der Waals surface area contributed by atoms with Gasteiger partial charge in [-0.05, 0) is 37.9 Å². The van der Waals surface area contributed by atoms with Crippen molar-refractivity contribution in [2.75, 3.05) is 6.54 Å². The van der Waals surface area contributed by atoms with Crippen molar-refractivity contribution in [1.82, 2.24) is 9.88 Å². The number of aromatic nitrogens is 1. The first-order chi connectivity index (χ1) is 6.11. The molecule has 1 atom stereocenters. The molecule has 1 aliphatic heterocycles.